The van der Waals surface area contributed by atoms with Gasteiger partial charge in [-0.05, 0) is 82.3 Å². The van der Waals surface area contributed by atoms with Gasteiger partial charge in [-0.2, -0.15) is 10.2 Å². The van der Waals surface area contributed by atoms with E-state index in [0.29, 0.717) is 90.0 Å². The molecule has 58 heavy (non-hydrogen) atoms. The van der Waals surface area contributed by atoms with Crippen molar-refractivity contribution in [3.63, 3.8) is 0 Å². The van der Waals surface area contributed by atoms with Gasteiger partial charge in [0.25, 0.3) is 5.91 Å². The smallest absolute Gasteiger partial charge is 0.276 e. The summed E-state index contributed by atoms with van der Waals surface area (Å²) in [7, 11) is 1.79. The number of amides is 2. The summed E-state index contributed by atoms with van der Waals surface area (Å²) in [5, 5.41) is 14.6. The van der Waals surface area contributed by atoms with Gasteiger partial charge >= 0.3 is 0 Å². The second-order valence-electron chi connectivity index (χ2n) is 13.4. The molecule has 0 spiro atoms. The van der Waals surface area contributed by atoms with Crippen LogP contribution >= 0.6 is 0 Å². The summed E-state index contributed by atoms with van der Waals surface area (Å²) in [4.78, 5) is 49.8. The molecule has 5 heterocycles. The molecule has 18 nitrogen and oxygen atoms in total. The Labute approximate surface area is 337 Å². The van der Waals surface area contributed by atoms with Gasteiger partial charge in [-0.1, -0.05) is 26.0 Å². The molecule has 7 rings (SSSR count). The third-order valence-corrected chi connectivity index (χ3v) is 9.19. The van der Waals surface area contributed by atoms with Crippen molar-refractivity contribution in [1.82, 2.24) is 49.1 Å². The number of imidazole rings is 2. The van der Waals surface area contributed by atoms with Gasteiger partial charge in [0.15, 0.2) is 11.9 Å². The van der Waals surface area contributed by atoms with Gasteiger partial charge < -0.3 is 20.4 Å². The number of carbonyl (C=O) groups is 3. The average Bonchev–Trinajstić information content (AvgIpc) is 3.51. The number of hydrogen-bond donors (Lipinski definition) is 5. The van der Waals surface area contributed by atoms with Gasteiger partial charge in [-0.25, -0.2) is 15.0 Å². The molecule has 0 saturated heterocycles. The first kappa shape index (κ1) is 42.7. The molecule has 0 bridgehead atoms. The van der Waals surface area contributed by atoms with Crippen LogP contribution in [0.25, 0.3) is 22.2 Å². The number of fused-ring (bicyclic) bond motifs is 2. The number of nitrogens with one attached hydrogen (secondary N) is 3. The van der Waals surface area contributed by atoms with Crippen LogP contribution in [-0.4, -0.2) is 75.4 Å². The van der Waals surface area contributed by atoms with E-state index < -0.39 is 5.91 Å². The summed E-state index contributed by atoms with van der Waals surface area (Å²) < 4.78 is 13.4. The lowest BCUT2D eigenvalue weighted by atomic mass is 10.1. The van der Waals surface area contributed by atoms with E-state index in [0.717, 1.165) is 48.1 Å². The van der Waals surface area contributed by atoms with Gasteiger partial charge in [0.05, 0.1) is 23.5 Å². The van der Waals surface area contributed by atoms with Crippen LogP contribution in [0.3, 0.4) is 0 Å². The lowest BCUT2D eigenvalue weighted by Crippen LogP contribution is -2.20. The predicted octanol–water partition coefficient (Wildman–Crippen LogP) is 4.76. The van der Waals surface area contributed by atoms with Crippen molar-refractivity contribution in [3.05, 3.63) is 82.6 Å². The fraction of sp³-hybridized carbons (Fsp3) is 0.400. The number of nitrogens with two attached hydrogens (primary N) is 2. The lowest BCUT2D eigenvalue weighted by Gasteiger charge is -2.12. The van der Waals surface area contributed by atoms with Crippen molar-refractivity contribution in [2.45, 2.75) is 87.1 Å². The Morgan fingerprint density at radius 3 is 2.21 bits per heavy atom. The van der Waals surface area contributed by atoms with Crippen LogP contribution in [-0.2, 0) is 32.7 Å². The predicted molar refractivity (Wildman–Crippen MR) is 224 cm³/mol. The first-order valence-electron chi connectivity index (χ1n) is 19.5. The summed E-state index contributed by atoms with van der Waals surface area (Å²) in [6.07, 6.45) is 8.79. The number of carbonyl (C=O) groups excluding carboxylic acids is 3. The van der Waals surface area contributed by atoms with Crippen LogP contribution in [0.5, 0.6) is 5.75 Å². The zero-order chi connectivity index (χ0) is 41.9. The zero-order valence-electron chi connectivity index (χ0n) is 34.2. The molecule has 2 amide bonds. The van der Waals surface area contributed by atoms with Gasteiger partial charge in [0, 0.05) is 51.5 Å². The van der Waals surface area contributed by atoms with Crippen molar-refractivity contribution in [1.29, 1.82) is 0 Å². The molecule has 7 N–H and O–H groups in total. The topological polar surface area (TPSA) is 233 Å². The maximum absolute atomic E-state index is 13.3. The molecule has 6 aromatic rings. The number of aromatic nitrogens is 9. The normalized spacial score (nSPS) is 12.3. The minimum Gasteiger partial charge on any atom is -0.491 e. The summed E-state index contributed by atoms with van der Waals surface area (Å²) >= 11 is 0. The van der Waals surface area contributed by atoms with E-state index in [1.54, 1.807) is 46.9 Å². The molecule has 0 aliphatic heterocycles. The second-order valence-corrected chi connectivity index (χ2v) is 13.4. The number of benzene rings is 1. The molecule has 308 valence electrons. The third-order valence-electron chi connectivity index (χ3n) is 9.19. The number of hydrazine groups is 1. The SMILES string of the molecule is CC.CCn1nc(C)cc1C(=O)Nc1nc2cc(CNN)cnc2n1C/C=C/Cn1c(NC)nc2cc(C(N)=O)cc(OCC3CC3)c21.CCn1nc(C)cc1C=O. The van der Waals surface area contributed by atoms with Crippen molar-refractivity contribution in [3.8, 4) is 5.75 Å². The maximum atomic E-state index is 13.3. The fourth-order valence-electron chi connectivity index (χ4n) is 6.29. The van der Waals surface area contributed by atoms with Crippen LogP contribution in [0.4, 0.5) is 11.9 Å². The Balaban J connectivity index is 0.000000463. The number of ether oxygens (including phenoxy) is 1. The van der Waals surface area contributed by atoms with Crippen molar-refractivity contribution < 1.29 is 19.1 Å². The number of pyridine rings is 1. The van der Waals surface area contributed by atoms with Crippen molar-refractivity contribution in [2.24, 2.45) is 17.5 Å². The van der Waals surface area contributed by atoms with E-state index in [-0.39, 0.29) is 5.91 Å². The van der Waals surface area contributed by atoms with Gasteiger partial charge in [-0.15, -0.1) is 0 Å². The number of primary amides is 1. The Bertz CT molecular complexity index is 2400. The number of rotatable bonds is 16. The lowest BCUT2D eigenvalue weighted by molar-refractivity contribution is 0.0995. The van der Waals surface area contributed by atoms with E-state index >= 15 is 0 Å². The van der Waals surface area contributed by atoms with Crippen molar-refractivity contribution >= 4 is 52.2 Å². The van der Waals surface area contributed by atoms with E-state index in [2.05, 4.69) is 31.2 Å². The molecule has 1 aliphatic carbocycles. The Morgan fingerprint density at radius 2 is 1.59 bits per heavy atom. The molecule has 1 aliphatic rings. The monoisotopic (exact) mass is 794 g/mol. The molecular formula is C40H54N14O4. The Morgan fingerprint density at radius 1 is 0.914 bits per heavy atom. The highest BCUT2D eigenvalue weighted by atomic mass is 16.5. The van der Waals surface area contributed by atoms with Crippen LogP contribution < -0.4 is 32.4 Å². The number of hydrogen-bond acceptors (Lipinski definition) is 12. The first-order valence-corrected chi connectivity index (χ1v) is 19.5. The molecule has 5 aromatic heterocycles. The molecule has 1 saturated carbocycles. The molecule has 0 atom stereocenters. The molecule has 18 heteroatoms. The number of anilines is 2. The highest BCUT2D eigenvalue weighted by molar-refractivity contribution is 6.03. The maximum Gasteiger partial charge on any atom is 0.276 e. The molecular weight excluding hydrogens is 741 g/mol. The van der Waals surface area contributed by atoms with E-state index in [1.165, 1.54) is 0 Å². The standard InChI is InChI=1S/C31H38N12O3.C7H10N2O.C2H6/c1-4-43-24(11-18(2)40-43)29(45)39-31-38-23-12-20(16-36-33)15-35-28(23)42(31)10-6-5-9-41-26-22(37-30(41)34-3)13-21(27(32)44)14-25(26)46-17-19-7-8-19;1-3-9-7(5-10)4-6(2)8-9;1-2/h5-6,11-15,19,36H,4,7-10,16-17,33H2,1-3H3,(H2,32,44)(H,34,37)(H,38,39,45);4-5H,3H2,1-2H3;1-2H3/b6-5+;;. The minimum absolute atomic E-state index is 0.315. The van der Waals surface area contributed by atoms with Crippen LogP contribution in [0, 0.1) is 19.8 Å². The molecule has 0 unspecified atom stereocenters. The minimum atomic E-state index is -0.539. The number of nitrogens with zero attached hydrogens (tertiary/aromatic N) is 9. The second kappa shape index (κ2) is 19.6. The largest absolute Gasteiger partial charge is 0.491 e. The number of aryl methyl sites for hydroxylation is 4. The first-order chi connectivity index (χ1) is 28.1. The zero-order valence-corrected chi connectivity index (χ0v) is 34.2. The third kappa shape index (κ3) is 9.93. The van der Waals surface area contributed by atoms with Crippen LogP contribution in [0.15, 0.2) is 48.7 Å². The Kier molecular flexibility index (Phi) is 14.5. The van der Waals surface area contributed by atoms with Gasteiger partial charge in [0.2, 0.25) is 17.8 Å². The van der Waals surface area contributed by atoms with Gasteiger partial charge in [-0.3, -0.25) is 44.9 Å². The molecule has 1 fully saturated rings. The number of allylic oxidation sites excluding steroid dienone is 2. The summed E-state index contributed by atoms with van der Waals surface area (Å²) in [5.74, 6) is 6.73. The quantitative estimate of drug-likeness (QED) is 0.0387. The Hall–Kier alpha value is -6.40. The molecule has 0 radical (unpaired) electrons. The average molecular weight is 795 g/mol. The van der Waals surface area contributed by atoms with E-state index in [1.807, 2.05) is 68.9 Å². The number of aldehydes is 1. The van der Waals surface area contributed by atoms with E-state index in [9.17, 15) is 14.4 Å². The van der Waals surface area contributed by atoms with Crippen molar-refractivity contribution in [2.75, 3.05) is 24.3 Å². The van der Waals surface area contributed by atoms with Crippen LogP contribution in [0.2, 0.25) is 0 Å². The van der Waals surface area contributed by atoms with E-state index in [4.69, 9.17) is 26.3 Å². The summed E-state index contributed by atoms with van der Waals surface area (Å²) in [5.41, 5.74) is 14.8. The fourth-order valence-corrected chi connectivity index (χ4v) is 6.29. The van der Waals surface area contributed by atoms with Gasteiger partial charge in [0.1, 0.15) is 28.2 Å². The highest BCUT2D eigenvalue weighted by Gasteiger charge is 2.24. The summed E-state index contributed by atoms with van der Waals surface area (Å²) in [6, 6.07) is 8.78. The summed E-state index contributed by atoms with van der Waals surface area (Å²) in [6.45, 7) is 14.7. The van der Waals surface area contributed by atoms with Crippen LogP contribution in [0.1, 0.15) is 88.8 Å². The highest BCUT2D eigenvalue weighted by Crippen LogP contribution is 2.34. The molecule has 1 aromatic carbocycles.